The Hall–Kier alpha value is -1.42. The fourth-order valence-corrected chi connectivity index (χ4v) is 2.39. The molecule has 0 amide bonds. The topological polar surface area (TPSA) is 0 Å². The molecular formula is C15H13F3S. The summed E-state index contributed by atoms with van der Waals surface area (Å²) < 4.78 is 38.4. The van der Waals surface area contributed by atoms with Crippen LogP contribution in [0.1, 0.15) is 16.7 Å². The first-order valence-corrected chi connectivity index (χ1v) is 7.00. The van der Waals surface area contributed by atoms with E-state index in [1.807, 2.05) is 36.4 Å². The van der Waals surface area contributed by atoms with Gasteiger partial charge < -0.3 is 0 Å². The Morgan fingerprint density at radius 3 is 2.21 bits per heavy atom. The Balaban J connectivity index is 2.35. The molecule has 2 aromatic carbocycles. The Morgan fingerprint density at radius 1 is 0.947 bits per heavy atom. The summed E-state index contributed by atoms with van der Waals surface area (Å²) in [5, 5.41) is 0. The first-order chi connectivity index (χ1) is 8.99. The van der Waals surface area contributed by atoms with Crippen LogP contribution in [0.15, 0.2) is 53.4 Å². The van der Waals surface area contributed by atoms with E-state index >= 15 is 0 Å². The second kappa shape index (κ2) is 5.70. The van der Waals surface area contributed by atoms with E-state index in [4.69, 9.17) is 0 Å². The van der Waals surface area contributed by atoms with Crippen molar-refractivity contribution in [2.75, 3.05) is 6.26 Å². The SMILES string of the molecule is CSc1cc(Cc2ccccc2)cc(C(F)(F)F)c1. The Bertz CT molecular complexity index is 547. The van der Waals surface area contributed by atoms with Gasteiger partial charge in [0.1, 0.15) is 0 Å². The molecule has 0 aliphatic rings. The highest BCUT2D eigenvalue weighted by molar-refractivity contribution is 7.98. The van der Waals surface area contributed by atoms with Gasteiger partial charge in [-0.15, -0.1) is 11.8 Å². The van der Waals surface area contributed by atoms with Crippen molar-refractivity contribution in [1.82, 2.24) is 0 Å². The third-order valence-electron chi connectivity index (χ3n) is 2.78. The fourth-order valence-electron chi connectivity index (χ4n) is 1.88. The normalized spacial score (nSPS) is 11.6. The third-order valence-corrected chi connectivity index (χ3v) is 3.49. The highest BCUT2D eigenvalue weighted by atomic mass is 32.2. The van der Waals surface area contributed by atoms with Gasteiger partial charge in [0.15, 0.2) is 0 Å². The minimum Gasteiger partial charge on any atom is -0.166 e. The highest BCUT2D eigenvalue weighted by Gasteiger charge is 2.31. The lowest BCUT2D eigenvalue weighted by molar-refractivity contribution is -0.137. The minimum absolute atomic E-state index is 0.512. The Kier molecular flexibility index (Phi) is 4.20. The van der Waals surface area contributed by atoms with Crippen LogP contribution >= 0.6 is 11.8 Å². The van der Waals surface area contributed by atoms with Crippen LogP contribution < -0.4 is 0 Å². The van der Waals surface area contributed by atoms with Crippen molar-refractivity contribution >= 4 is 11.8 Å². The molecule has 2 rings (SSSR count). The number of hydrogen-bond donors (Lipinski definition) is 0. The second-order valence-corrected chi connectivity index (χ2v) is 5.11. The summed E-state index contributed by atoms with van der Waals surface area (Å²) >= 11 is 1.32. The zero-order valence-electron chi connectivity index (χ0n) is 10.4. The van der Waals surface area contributed by atoms with E-state index in [9.17, 15) is 13.2 Å². The number of alkyl halides is 3. The van der Waals surface area contributed by atoms with Gasteiger partial charge >= 0.3 is 6.18 Å². The van der Waals surface area contributed by atoms with Crippen LogP contribution in [-0.2, 0) is 12.6 Å². The molecule has 100 valence electrons. The van der Waals surface area contributed by atoms with Crippen molar-refractivity contribution in [3.63, 3.8) is 0 Å². The molecule has 0 aromatic heterocycles. The zero-order chi connectivity index (χ0) is 13.9. The van der Waals surface area contributed by atoms with Crippen LogP contribution in [0.5, 0.6) is 0 Å². The third kappa shape index (κ3) is 3.77. The molecule has 0 heterocycles. The van der Waals surface area contributed by atoms with Gasteiger partial charge in [0, 0.05) is 4.90 Å². The molecule has 4 heteroatoms. The van der Waals surface area contributed by atoms with Crippen LogP contribution in [0.25, 0.3) is 0 Å². The first-order valence-electron chi connectivity index (χ1n) is 5.78. The van der Waals surface area contributed by atoms with Crippen molar-refractivity contribution in [3.05, 3.63) is 65.2 Å². The monoisotopic (exact) mass is 282 g/mol. The first kappa shape index (κ1) is 14.0. The largest absolute Gasteiger partial charge is 0.416 e. The quantitative estimate of drug-likeness (QED) is 0.712. The number of halogens is 3. The average molecular weight is 282 g/mol. The summed E-state index contributed by atoms with van der Waals surface area (Å²) in [6, 6.07) is 13.7. The standard InChI is InChI=1S/C15H13F3S/c1-19-14-9-12(7-11-5-3-2-4-6-11)8-13(10-14)15(16,17)18/h2-6,8-10H,7H2,1H3. The predicted molar refractivity (Wildman–Crippen MR) is 72.5 cm³/mol. The Morgan fingerprint density at radius 2 is 1.63 bits per heavy atom. The number of benzene rings is 2. The van der Waals surface area contributed by atoms with Crippen molar-refractivity contribution in [2.24, 2.45) is 0 Å². The van der Waals surface area contributed by atoms with Gasteiger partial charge in [-0.25, -0.2) is 0 Å². The number of hydrogen-bond acceptors (Lipinski definition) is 1. The molecule has 0 atom stereocenters. The second-order valence-electron chi connectivity index (χ2n) is 4.23. The van der Waals surface area contributed by atoms with Crippen LogP contribution in [0.3, 0.4) is 0 Å². The molecule has 0 aliphatic heterocycles. The maximum absolute atomic E-state index is 12.8. The summed E-state index contributed by atoms with van der Waals surface area (Å²) in [6.07, 6.45) is -2.00. The summed E-state index contributed by atoms with van der Waals surface area (Å²) in [7, 11) is 0. The molecule has 19 heavy (non-hydrogen) atoms. The van der Waals surface area contributed by atoms with E-state index in [1.165, 1.54) is 23.9 Å². The van der Waals surface area contributed by atoms with Gasteiger partial charge in [-0.3, -0.25) is 0 Å². The van der Waals surface area contributed by atoms with E-state index < -0.39 is 11.7 Å². The van der Waals surface area contributed by atoms with Gasteiger partial charge in [-0.1, -0.05) is 30.3 Å². The van der Waals surface area contributed by atoms with Crippen LogP contribution in [-0.4, -0.2) is 6.26 Å². The van der Waals surface area contributed by atoms with Crippen LogP contribution in [0.4, 0.5) is 13.2 Å². The van der Waals surface area contributed by atoms with E-state index in [2.05, 4.69) is 0 Å². The fraction of sp³-hybridized carbons (Fsp3) is 0.200. The summed E-state index contributed by atoms with van der Waals surface area (Å²) in [5.74, 6) is 0. The van der Waals surface area contributed by atoms with Crippen molar-refractivity contribution < 1.29 is 13.2 Å². The van der Waals surface area contributed by atoms with Crippen molar-refractivity contribution in [1.29, 1.82) is 0 Å². The van der Waals surface area contributed by atoms with Gasteiger partial charge in [0.05, 0.1) is 5.56 Å². The zero-order valence-corrected chi connectivity index (χ0v) is 11.2. The average Bonchev–Trinajstić information content (AvgIpc) is 2.38. The lowest BCUT2D eigenvalue weighted by Crippen LogP contribution is -2.06. The molecule has 0 bridgehead atoms. The molecule has 0 fully saturated rings. The van der Waals surface area contributed by atoms with Crippen LogP contribution in [0, 0.1) is 0 Å². The summed E-state index contributed by atoms with van der Waals surface area (Å²) in [5.41, 5.74) is 1.12. The molecule has 0 N–H and O–H groups in total. The summed E-state index contributed by atoms with van der Waals surface area (Å²) in [4.78, 5) is 0.640. The minimum atomic E-state index is -4.29. The maximum atomic E-state index is 12.8. The van der Waals surface area contributed by atoms with Gasteiger partial charge in [-0.05, 0) is 42.0 Å². The molecule has 0 unspecified atom stereocenters. The molecule has 0 saturated heterocycles. The summed E-state index contributed by atoms with van der Waals surface area (Å²) in [6.45, 7) is 0. The smallest absolute Gasteiger partial charge is 0.166 e. The molecule has 0 spiro atoms. The lowest BCUT2D eigenvalue weighted by atomic mass is 10.0. The van der Waals surface area contributed by atoms with Gasteiger partial charge in [0.25, 0.3) is 0 Å². The van der Waals surface area contributed by atoms with E-state index in [0.717, 1.165) is 5.56 Å². The molecule has 0 aliphatic carbocycles. The molecule has 0 radical (unpaired) electrons. The number of rotatable bonds is 3. The highest BCUT2D eigenvalue weighted by Crippen LogP contribution is 2.33. The molecular weight excluding hydrogens is 269 g/mol. The van der Waals surface area contributed by atoms with Crippen LogP contribution in [0.2, 0.25) is 0 Å². The molecule has 2 aromatic rings. The van der Waals surface area contributed by atoms with Gasteiger partial charge in [-0.2, -0.15) is 13.2 Å². The maximum Gasteiger partial charge on any atom is 0.416 e. The van der Waals surface area contributed by atoms with E-state index in [0.29, 0.717) is 16.9 Å². The van der Waals surface area contributed by atoms with E-state index in [1.54, 1.807) is 6.26 Å². The van der Waals surface area contributed by atoms with Crippen molar-refractivity contribution in [2.45, 2.75) is 17.5 Å². The van der Waals surface area contributed by atoms with E-state index in [-0.39, 0.29) is 0 Å². The lowest BCUT2D eigenvalue weighted by Gasteiger charge is -2.11. The van der Waals surface area contributed by atoms with Crippen molar-refractivity contribution in [3.8, 4) is 0 Å². The molecule has 0 nitrogen and oxygen atoms in total. The number of thioether (sulfide) groups is 1. The van der Waals surface area contributed by atoms with Gasteiger partial charge in [0.2, 0.25) is 0 Å². The predicted octanol–water partition coefficient (Wildman–Crippen LogP) is 5.02. The Labute approximate surface area is 114 Å². The molecule has 0 saturated carbocycles.